The monoisotopic (exact) mass is 342 g/mol. The molecule has 0 aliphatic carbocycles. The summed E-state index contributed by atoms with van der Waals surface area (Å²) in [5, 5.41) is 3.07. The zero-order valence-corrected chi connectivity index (χ0v) is 13.5. The Labute approximate surface area is 142 Å². The van der Waals surface area contributed by atoms with Gasteiger partial charge in [0, 0.05) is 36.1 Å². The van der Waals surface area contributed by atoms with Crippen LogP contribution in [0, 0.1) is 18.6 Å². The van der Waals surface area contributed by atoms with Crippen molar-refractivity contribution in [1.82, 2.24) is 15.0 Å². The van der Waals surface area contributed by atoms with Crippen LogP contribution in [0.5, 0.6) is 0 Å². The van der Waals surface area contributed by atoms with Crippen LogP contribution in [0.2, 0.25) is 0 Å². The normalized spacial score (nSPS) is 10.7. The fraction of sp³-hybridized carbons (Fsp3) is 0.167. The highest BCUT2D eigenvalue weighted by molar-refractivity contribution is 5.55. The molecular formula is C18H16F2N4O. The third kappa shape index (κ3) is 4.26. The Hall–Kier alpha value is -3.09. The van der Waals surface area contributed by atoms with E-state index in [0.717, 1.165) is 6.07 Å². The van der Waals surface area contributed by atoms with Crippen LogP contribution in [0.1, 0.15) is 11.3 Å². The molecule has 0 aliphatic heterocycles. The van der Waals surface area contributed by atoms with Crippen molar-refractivity contribution in [2.45, 2.75) is 13.3 Å². The molecule has 2 N–H and O–H groups in total. The number of rotatable bonds is 5. The molecule has 0 saturated carbocycles. The summed E-state index contributed by atoms with van der Waals surface area (Å²) < 4.78 is 26.4. The maximum absolute atomic E-state index is 13.6. The quantitative estimate of drug-likeness (QED) is 0.748. The second-order valence-electron chi connectivity index (χ2n) is 5.58. The summed E-state index contributed by atoms with van der Waals surface area (Å²) in [6.45, 7) is 2.20. The van der Waals surface area contributed by atoms with Gasteiger partial charge >= 0.3 is 0 Å². The van der Waals surface area contributed by atoms with E-state index in [2.05, 4.69) is 20.3 Å². The number of pyridine rings is 1. The average Bonchev–Trinajstić information content (AvgIpc) is 2.56. The van der Waals surface area contributed by atoms with E-state index in [4.69, 9.17) is 0 Å². The van der Waals surface area contributed by atoms with Crippen LogP contribution in [-0.2, 0) is 6.42 Å². The number of hydrogen-bond donors (Lipinski definition) is 2. The molecule has 0 fully saturated rings. The number of aryl methyl sites for hydroxylation is 1. The number of aromatic nitrogens is 3. The fourth-order valence-corrected chi connectivity index (χ4v) is 2.40. The third-order valence-electron chi connectivity index (χ3n) is 3.62. The highest BCUT2D eigenvalue weighted by atomic mass is 19.1. The van der Waals surface area contributed by atoms with Crippen LogP contribution in [0.25, 0.3) is 11.4 Å². The third-order valence-corrected chi connectivity index (χ3v) is 3.62. The number of halogens is 2. The van der Waals surface area contributed by atoms with Crippen molar-refractivity contribution in [3.8, 4) is 11.4 Å². The van der Waals surface area contributed by atoms with Crippen molar-refractivity contribution >= 4 is 5.82 Å². The van der Waals surface area contributed by atoms with E-state index < -0.39 is 11.6 Å². The van der Waals surface area contributed by atoms with Gasteiger partial charge in [-0.05, 0) is 37.1 Å². The molecule has 2 heterocycles. The molecule has 0 atom stereocenters. The van der Waals surface area contributed by atoms with Crippen LogP contribution in [0.3, 0.4) is 0 Å². The maximum atomic E-state index is 13.6. The zero-order valence-electron chi connectivity index (χ0n) is 13.5. The Morgan fingerprint density at radius 1 is 1.16 bits per heavy atom. The first-order valence-corrected chi connectivity index (χ1v) is 7.73. The van der Waals surface area contributed by atoms with Gasteiger partial charge in [-0.3, -0.25) is 4.79 Å². The Bertz CT molecular complexity index is 939. The van der Waals surface area contributed by atoms with E-state index in [1.54, 1.807) is 25.3 Å². The fourth-order valence-electron chi connectivity index (χ4n) is 2.40. The Morgan fingerprint density at radius 3 is 2.68 bits per heavy atom. The molecule has 0 amide bonds. The number of nitrogens with zero attached hydrogens (tertiary/aromatic N) is 2. The first-order chi connectivity index (χ1) is 12.0. The molecule has 1 aromatic carbocycles. The van der Waals surface area contributed by atoms with E-state index in [1.165, 1.54) is 18.2 Å². The van der Waals surface area contributed by atoms with Gasteiger partial charge in [0.05, 0.1) is 0 Å². The van der Waals surface area contributed by atoms with Gasteiger partial charge in [0.1, 0.15) is 23.3 Å². The molecule has 2 aromatic heterocycles. The number of hydrogen-bond acceptors (Lipinski definition) is 4. The molecule has 0 saturated heterocycles. The molecule has 5 nitrogen and oxygen atoms in total. The van der Waals surface area contributed by atoms with Gasteiger partial charge in [0.15, 0.2) is 0 Å². The van der Waals surface area contributed by atoms with E-state index in [0.29, 0.717) is 41.4 Å². The second kappa shape index (κ2) is 7.21. The van der Waals surface area contributed by atoms with E-state index >= 15 is 0 Å². The summed E-state index contributed by atoms with van der Waals surface area (Å²) in [6, 6.07) is 8.49. The summed E-state index contributed by atoms with van der Waals surface area (Å²) in [5.41, 5.74) is 1.54. The molecule has 3 rings (SSSR count). The van der Waals surface area contributed by atoms with Gasteiger partial charge in [-0.25, -0.2) is 18.7 Å². The molecule has 0 spiro atoms. The SMILES string of the molecule is Cc1cc(=O)[nH]c(-c2ccc(NCCc3ccc(F)cc3F)nc2)n1. The van der Waals surface area contributed by atoms with E-state index in [-0.39, 0.29) is 5.56 Å². The minimum absolute atomic E-state index is 0.217. The van der Waals surface area contributed by atoms with Gasteiger partial charge in [0.25, 0.3) is 5.56 Å². The highest BCUT2D eigenvalue weighted by Gasteiger charge is 2.05. The lowest BCUT2D eigenvalue weighted by Crippen LogP contribution is -2.09. The second-order valence-corrected chi connectivity index (χ2v) is 5.58. The van der Waals surface area contributed by atoms with Gasteiger partial charge in [-0.15, -0.1) is 0 Å². The van der Waals surface area contributed by atoms with Crippen molar-refractivity contribution in [2.24, 2.45) is 0 Å². The van der Waals surface area contributed by atoms with Gasteiger partial charge in [0.2, 0.25) is 0 Å². The lowest BCUT2D eigenvalue weighted by atomic mass is 10.1. The van der Waals surface area contributed by atoms with Crippen molar-refractivity contribution in [3.05, 3.63) is 75.8 Å². The van der Waals surface area contributed by atoms with Gasteiger partial charge < -0.3 is 10.3 Å². The number of H-pyrrole nitrogens is 1. The smallest absolute Gasteiger partial charge is 0.251 e. The van der Waals surface area contributed by atoms with Crippen LogP contribution in [0.15, 0.2) is 47.4 Å². The minimum Gasteiger partial charge on any atom is -0.370 e. The highest BCUT2D eigenvalue weighted by Crippen LogP contribution is 2.15. The first kappa shape index (κ1) is 16.8. The van der Waals surface area contributed by atoms with Gasteiger partial charge in [-0.1, -0.05) is 6.07 Å². The summed E-state index contributed by atoms with van der Waals surface area (Å²) >= 11 is 0. The Kier molecular flexibility index (Phi) is 4.83. The molecule has 0 radical (unpaired) electrons. The minimum atomic E-state index is -0.589. The summed E-state index contributed by atoms with van der Waals surface area (Å²) in [7, 11) is 0. The van der Waals surface area contributed by atoms with Crippen LogP contribution in [0.4, 0.5) is 14.6 Å². The average molecular weight is 342 g/mol. The lowest BCUT2D eigenvalue weighted by molar-refractivity contribution is 0.572. The predicted octanol–water partition coefficient (Wildman–Crippen LogP) is 3.07. The number of benzene rings is 1. The van der Waals surface area contributed by atoms with Crippen molar-refractivity contribution < 1.29 is 8.78 Å². The molecule has 0 bridgehead atoms. The molecule has 25 heavy (non-hydrogen) atoms. The zero-order chi connectivity index (χ0) is 17.8. The molecule has 0 aliphatic rings. The number of anilines is 1. The number of nitrogens with one attached hydrogen (secondary N) is 2. The topological polar surface area (TPSA) is 70.7 Å². The molecule has 128 valence electrons. The van der Waals surface area contributed by atoms with E-state index in [1.807, 2.05) is 0 Å². The van der Waals surface area contributed by atoms with Crippen molar-refractivity contribution in [3.63, 3.8) is 0 Å². The standard InChI is InChI=1S/C18H16F2N4O/c1-11-8-17(25)24-18(23-11)13-3-5-16(22-10-13)21-7-6-12-2-4-14(19)9-15(12)20/h2-5,8-10H,6-7H2,1H3,(H,21,22)(H,23,24,25). The molecule has 3 aromatic rings. The Balaban J connectivity index is 1.63. The van der Waals surface area contributed by atoms with Gasteiger partial charge in [-0.2, -0.15) is 0 Å². The summed E-state index contributed by atoms with van der Waals surface area (Å²) in [5.74, 6) is -0.0763. The summed E-state index contributed by atoms with van der Waals surface area (Å²) in [6.07, 6.45) is 2.00. The van der Waals surface area contributed by atoms with Crippen molar-refractivity contribution in [1.29, 1.82) is 0 Å². The van der Waals surface area contributed by atoms with Crippen molar-refractivity contribution in [2.75, 3.05) is 11.9 Å². The first-order valence-electron chi connectivity index (χ1n) is 7.73. The van der Waals surface area contributed by atoms with Crippen LogP contribution < -0.4 is 10.9 Å². The molecule has 7 heteroatoms. The number of aromatic amines is 1. The molecule has 0 unspecified atom stereocenters. The maximum Gasteiger partial charge on any atom is 0.251 e. The molecular weight excluding hydrogens is 326 g/mol. The lowest BCUT2D eigenvalue weighted by Gasteiger charge is -2.07. The summed E-state index contributed by atoms with van der Waals surface area (Å²) in [4.78, 5) is 22.7. The largest absolute Gasteiger partial charge is 0.370 e. The van der Waals surface area contributed by atoms with E-state index in [9.17, 15) is 13.6 Å². The van der Waals surface area contributed by atoms with Crippen LogP contribution >= 0.6 is 0 Å². The Morgan fingerprint density at radius 2 is 2.00 bits per heavy atom. The predicted molar refractivity (Wildman–Crippen MR) is 91.4 cm³/mol. The van der Waals surface area contributed by atoms with Crippen LogP contribution in [-0.4, -0.2) is 21.5 Å².